The molecule has 4 aliphatic rings. The zero-order chi connectivity index (χ0) is 7.59. The van der Waals surface area contributed by atoms with Crippen LogP contribution in [0.5, 0.6) is 0 Å². The monoisotopic (exact) mass is 216 g/mol. The Bertz CT molecular complexity index is 194. The molecule has 0 spiro atoms. The molecule has 1 nitrogen and oxygen atoms in total. The summed E-state index contributed by atoms with van der Waals surface area (Å²) in [7, 11) is 1.83. The third-order valence-corrected chi connectivity index (χ3v) is 5.31. The predicted octanol–water partition coefficient (Wildman–Crippen LogP) is 1.91. The van der Waals surface area contributed by atoms with Crippen molar-refractivity contribution in [1.82, 2.24) is 0 Å². The summed E-state index contributed by atoms with van der Waals surface area (Å²) in [5.74, 6) is 5.03. The van der Waals surface area contributed by atoms with Crippen LogP contribution in [0.4, 0.5) is 0 Å². The number of halogens is 1. The minimum atomic E-state index is 0.845. The Balaban J connectivity index is 1.81. The highest BCUT2D eigenvalue weighted by atomic mass is 79.9. The lowest BCUT2D eigenvalue weighted by Gasteiger charge is -2.15. The quantitative estimate of drug-likeness (QED) is 0.642. The van der Waals surface area contributed by atoms with Crippen LogP contribution in [0.15, 0.2) is 0 Å². The van der Waals surface area contributed by atoms with Crippen LogP contribution < -0.4 is 0 Å². The molecule has 4 rings (SSSR count). The van der Waals surface area contributed by atoms with E-state index in [0.29, 0.717) is 0 Å². The fourth-order valence-corrected chi connectivity index (χ4v) is 5.00. The Morgan fingerprint density at radius 1 is 1.36 bits per heavy atom. The van der Waals surface area contributed by atoms with Crippen LogP contribution in [-0.2, 0) is 4.74 Å². The van der Waals surface area contributed by atoms with Crippen molar-refractivity contribution in [3.63, 3.8) is 0 Å². The standard InChI is InChI=1S/C9H13BrO/c1-11-3-6-4-2-5-7(6)8(5)9(4)10/h4-9H,2-3H2,1H3. The fourth-order valence-electron chi connectivity index (χ4n) is 3.65. The van der Waals surface area contributed by atoms with E-state index in [1.807, 2.05) is 7.11 Å². The van der Waals surface area contributed by atoms with Gasteiger partial charge in [-0.2, -0.15) is 0 Å². The van der Waals surface area contributed by atoms with Gasteiger partial charge < -0.3 is 4.74 Å². The number of hydrogen-bond donors (Lipinski definition) is 0. The van der Waals surface area contributed by atoms with Gasteiger partial charge in [0.2, 0.25) is 0 Å². The number of hydrogen-bond acceptors (Lipinski definition) is 1. The van der Waals surface area contributed by atoms with Gasteiger partial charge >= 0.3 is 0 Å². The van der Waals surface area contributed by atoms with Crippen molar-refractivity contribution >= 4 is 15.9 Å². The van der Waals surface area contributed by atoms with E-state index < -0.39 is 0 Å². The molecule has 11 heavy (non-hydrogen) atoms. The van der Waals surface area contributed by atoms with Gasteiger partial charge in [-0.05, 0) is 36.0 Å². The predicted molar refractivity (Wildman–Crippen MR) is 46.7 cm³/mol. The molecule has 4 fully saturated rings. The zero-order valence-electron chi connectivity index (χ0n) is 6.66. The minimum Gasteiger partial charge on any atom is -0.384 e. The molecule has 0 saturated heterocycles. The number of rotatable bonds is 2. The lowest BCUT2D eigenvalue weighted by Crippen LogP contribution is -2.15. The third-order valence-electron chi connectivity index (χ3n) is 4.02. The van der Waals surface area contributed by atoms with Gasteiger partial charge in [-0.15, -0.1) is 0 Å². The summed E-state index contributed by atoms with van der Waals surface area (Å²) in [4.78, 5) is 0.845. The second-order valence-electron chi connectivity index (χ2n) is 4.28. The van der Waals surface area contributed by atoms with Gasteiger partial charge in [0, 0.05) is 18.5 Å². The summed E-state index contributed by atoms with van der Waals surface area (Å²) < 4.78 is 5.25. The lowest BCUT2D eigenvalue weighted by atomic mass is 9.99. The van der Waals surface area contributed by atoms with Crippen molar-refractivity contribution in [1.29, 1.82) is 0 Å². The van der Waals surface area contributed by atoms with Gasteiger partial charge in [0.1, 0.15) is 0 Å². The van der Waals surface area contributed by atoms with Gasteiger partial charge in [-0.3, -0.25) is 0 Å². The highest BCUT2D eigenvalue weighted by Crippen LogP contribution is 2.74. The van der Waals surface area contributed by atoms with E-state index in [4.69, 9.17) is 4.74 Å². The molecule has 2 heteroatoms. The van der Waals surface area contributed by atoms with E-state index >= 15 is 0 Å². The second-order valence-corrected chi connectivity index (χ2v) is 5.34. The van der Waals surface area contributed by atoms with Gasteiger partial charge in [-0.25, -0.2) is 0 Å². The molecule has 0 aromatic carbocycles. The Morgan fingerprint density at radius 3 is 2.55 bits per heavy atom. The van der Waals surface area contributed by atoms with Crippen molar-refractivity contribution in [2.75, 3.05) is 13.7 Å². The summed E-state index contributed by atoms with van der Waals surface area (Å²) in [5.41, 5.74) is 0. The molecule has 0 amide bonds. The summed E-state index contributed by atoms with van der Waals surface area (Å²) in [6, 6.07) is 0. The van der Waals surface area contributed by atoms with Gasteiger partial charge in [0.15, 0.2) is 0 Å². The van der Waals surface area contributed by atoms with Gasteiger partial charge in [0.25, 0.3) is 0 Å². The molecule has 0 aromatic heterocycles. The number of ether oxygens (including phenoxy) is 1. The maximum Gasteiger partial charge on any atom is 0.0496 e. The van der Waals surface area contributed by atoms with Crippen LogP contribution in [0.3, 0.4) is 0 Å². The maximum atomic E-state index is 5.25. The average molecular weight is 217 g/mol. The second kappa shape index (κ2) is 2.02. The molecule has 0 radical (unpaired) electrons. The van der Waals surface area contributed by atoms with Crippen molar-refractivity contribution in [3.8, 4) is 0 Å². The highest BCUT2D eigenvalue weighted by molar-refractivity contribution is 9.09. The number of methoxy groups -OCH3 is 1. The molecule has 62 valence electrons. The largest absolute Gasteiger partial charge is 0.384 e. The van der Waals surface area contributed by atoms with Crippen LogP contribution in [0.2, 0.25) is 0 Å². The molecular weight excluding hydrogens is 204 g/mol. The van der Waals surface area contributed by atoms with E-state index in [1.165, 1.54) is 6.42 Å². The molecule has 0 heterocycles. The smallest absolute Gasteiger partial charge is 0.0496 e. The zero-order valence-corrected chi connectivity index (χ0v) is 8.25. The molecule has 4 saturated carbocycles. The van der Waals surface area contributed by atoms with Crippen LogP contribution in [0.25, 0.3) is 0 Å². The fraction of sp³-hybridized carbons (Fsp3) is 1.00. The van der Waals surface area contributed by atoms with Crippen LogP contribution in [0, 0.1) is 29.6 Å². The summed E-state index contributed by atoms with van der Waals surface area (Å²) >= 11 is 3.81. The van der Waals surface area contributed by atoms with Crippen LogP contribution in [-0.4, -0.2) is 18.5 Å². The third kappa shape index (κ3) is 0.665. The Labute approximate surface area is 75.6 Å². The normalized spacial score (nSPS) is 63.8. The minimum absolute atomic E-state index is 0.845. The van der Waals surface area contributed by atoms with Crippen molar-refractivity contribution in [2.24, 2.45) is 29.6 Å². The first-order valence-corrected chi connectivity index (χ1v) is 5.39. The number of alkyl halides is 1. The molecular formula is C9H13BrO. The summed E-state index contributed by atoms with van der Waals surface area (Å²) in [5, 5.41) is 0. The average Bonchev–Trinajstić information content (AvgIpc) is 2.36. The highest BCUT2D eigenvalue weighted by Gasteiger charge is 2.72. The topological polar surface area (TPSA) is 9.23 Å². The molecule has 4 bridgehead atoms. The van der Waals surface area contributed by atoms with Crippen molar-refractivity contribution in [2.45, 2.75) is 11.2 Å². The van der Waals surface area contributed by atoms with Crippen LogP contribution in [0.1, 0.15) is 6.42 Å². The van der Waals surface area contributed by atoms with Gasteiger partial charge in [-0.1, -0.05) is 15.9 Å². The molecule has 0 aromatic rings. The van der Waals surface area contributed by atoms with Crippen molar-refractivity contribution in [3.05, 3.63) is 0 Å². The first-order chi connectivity index (χ1) is 5.34. The first kappa shape index (κ1) is 6.90. The van der Waals surface area contributed by atoms with E-state index in [9.17, 15) is 0 Å². The summed E-state index contributed by atoms with van der Waals surface area (Å²) in [6.45, 7) is 1.00. The lowest BCUT2D eigenvalue weighted by molar-refractivity contribution is 0.135. The van der Waals surface area contributed by atoms with E-state index in [1.54, 1.807) is 0 Å². The van der Waals surface area contributed by atoms with E-state index in [-0.39, 0.29) is 0 Å². The Hall–Kier alpha value is 0.440. The van der Waals surface area contributed by atoms with E-state index in [2.05, 4.69) is 15.9 Å². The van der Waals surface area contributed by atoms with Gasteiger partial charge in [0.05, 0.1) is 0 Å². The molecule has 0 N–H and O–H groups in total. The maximum absolute atomic E-state index is 5.25. The molecule has 0 aliphatic heterocycles. The van der Waals surface area contributed by atoms with E-state index in [0.717, 1.165) is 41.0 Å². The molecule has 4 aliphatic carbocycles. The summed E-state index contributed by atoms with van der Waals surface area (Å²) in [6.07, 6.45) is 1.49. The molecule has 6 atom stereocenters. The SMILES string of the molecule is COCC1C2CC3C(C2Br)C13. The Kier molecular flexibility index (Phi) is 1.27. The van der Waals surface area contributed by atoms with Crippen LogP contribution >= 0.6 is 15.9 Å². The molecule has 6 unspecified atom stereocenters. The first-order valence-electron chi connectivity index (χ1n) is 4.47. The van der Waals surface area contributed by atoms with Crippen molar-refractivity contribution < 1.29 is 4.74 Å². The Morgan fingerprint density at radius 2 is 2.18 bits per heavy atom.